The summed E-state index contributed by atoms with van der Waals surface area (Å²) in [7, 11) is 0. The van der Waals surface area contributed by atoms with E-state index in [0.29, 0.717) is 10.2 Å². The molecule has 1 aliphatic carbocycles. The van der Waals surface area contributed by atoms with Gasteiger partial charge in [-0.3, -0.25) is 9.59 Å². The van der Waals surface area contributed by atoms with E-state index in [9.17, 15) is 9.59 Å². The van der Waals surface area contributed by atoms with E-state index in [2.05, 4.69) is 20.9 Å². The number of thiazole rings is 1. The summed E-state index contributed by atoms with van der Waals surface area (Å²) in [5, 5.41) is 11.4. The first-order chi connectivity index (χ1) is 11.5. The number of amides is 2. The highest BCUT2D eigenvalue weighted by Crippen LogP contribution is 2.26. The van der Waals surface area contributed by atoms with Gasteiger partial charge in [0.05, 0.1) is 6.54 Å². The number of benzene rings is 1. The van der Waals surface area contributed by atoms with Gasteiger partial charge in [0.15, 0.2) is 5.13 Å². The van der Waals surface area contributed by atoms with Crippen molar-refractivity contribution in [3.05, 3.63) is 39.9 Å². The third-order valence-corrected chi connectivity index (χ3v) is 4.52. The van der Waals surface area contributed by atoms with Crippen LogP contribution in [0.1, 0.15) is 28.9 Å². The topological polar surface area (TPSA) is 83.1 Å². The molecule has 0 atom stereocenters. The molecule has 1 aromatic carbocycles. The lowest BCUT2D eigenvalue weighted by atomic mass is 10.2. The third-order valence-electron chi connectivity index (χ3n) is 3.53. The van der Waals surface area contributed by atoms with Crippen molar-refractivity contribution < 1.29 is 9.59 Å². The van der Waals surface area contributed by atoms with Gasteiger partial charge < -0.3 is 16.0 Å². The number of halogens is 1. The fraction of sp³-hybridized carbons (Fsp3) is 0.312. The van der Waals surface area contributed by atoms with Gasteiger partial charge in [-0.2, -0.15) is 0 Å². The predicted octanol–water partition coefficient (Wildman–Crippen LogP) is 2.86. The average molecular weight is 365 g/mol. The Morgan fingerprint density at radius 1 is 1.38 bits per heavy atom. The standard InChI is InChI=1S/C16H17ClN4O2S/c1-9-2-3-10(17)6-12(9)20-16-21-13(8-24-16)15(23)18-7-14(22)19-11-4-5-11/h2-3,6,8,11H,4-5,7H2,1H3,(H,18,23)(H,19,22)(H,20,21). The smallest absolute Gasteiger partial charge is 0.271 e. The molecule has 0 bridgehead atoms. The second-order valence-corrected chi connectivity index (χ2v) is 6.94. The molecule has 1 aromatic heterocycles. The molecule has 0 saturated heterocycles. The molecular weight excluding hydrogens is 348 g/mol. The summed E-state index contributed by atoms with van der Waals surface area (Å²) in [4.78, 5) is 27.9. The number of nitrogens with zero attached hydrogens (tertiary/aromatic N) is 1. The van der Waals surface area contributed by atoms with Crippen molar-refractivity contribution in [3.63, 3.8) is 0 Å². The van der Waals surface area contributed by atoms with Gasteiger partial charge in [-0.05, 0) is 37.5 Å². The van der Waals surface area contributed by atoms with E-state index >= 15 is 0 Å². The second kappa shape index (κ2) is 7.19. The van der Waals surface area contributed by atoms with E-state index in [1.165, 1.54) is 11.3 Å². The van der Waals surface area contributed by atoms with E-state index in [1.54, 1.807) is 11.4 Å². The van der Waals surface area contributed by atoms with Crippen LogP contribution in [-0.4, -0.2) is 29.4 Å². The van der Waals surface area contributed by atoms with Crippen molar-refractivity contribution in [1.29, 1.82) is 0 Å². The molecule has 3 N–H and O–H groups in total. The first-order valence-corrected chi connectivity index (χ1v) is 8.83. The Hall–Kier alpha value is -2.12. The summed E-state index contributed by atoms with van der Waals surface area (Å²) in [6, 6.07) is 5.81. The van der Waals surface area contributed by atoms with Gasteiger partial charge >= 0.3 is 0 Å². The summed E-state index contributed by atoms with van der Waals surface area (Å²) in [5.41, 5.74) is 2.14. The molecule has 8 heteroatoms. The second-order valence-electron chi connectivity index (χ2n) is 5.65. The fourth-order valence-electron chi connectivity index (χ4n) is 2.04. The van der Waals surface area contributed by atoms with Gasteiger partial charge in [0.25, 0.3) is 5.91 Å². The Balaban J connectivity index is 1.57. The van der Waals surface area contributed by atoms with Gasteiger partial charge in [-0.25, -0.2) is 4.98 Å². The zero-order valence-corrected chi connectivity index (χ0v) is 14.6. The van der Waals surface area contributed by atoms with Crippen LogP contribution < -0.4 is 16.0 Å². The molecule has 3 rings (SSSR count). The number of rotatable bonds is 6. The monoisotopic (exact) mass is 364 g/mol. The third kappa shape index (κ3) is 4.46. The molecule has 2 aromatic rings. The Bertz CT molecular complexity index is 773. The molecule has 0 unspecified atom stereocenters. The van der Waals surface area contributed by atoms with E-state index in [-0.39, 0.29) is 30.1 Å². The predicted molar refractivity (Wildman–Crippen MR) is 95.1 cm³/mol. The zero-order chi connectivity index (χ0) is 17.1. The highest BCUT2D eigenvalue weighted by atomic mass is 35.5. The van der Waals surface area contributed by atoms with Gasteiger partial charge in [-0.15, -0.1) is 11.3 Å². The number of carbonyl (C=O) groups is 2. The Labute approximate surface area is 148 Å². The van der Waals surface area contributed by atoms with Gasteiger partial charge in [0.2, 0.25) is 5.91 Å². The lowest BCUT2D eigenvalue weighted by Crippen LogP contribution is -2.37. The first-order valence-electron chi connectivity index (χ1n) is 7.57. The highest BCUT2D eigenvalue weighted by molar-refractivity contribution is 7.14. The molecule has 6 nitrogen and oxygen atoms in total. The molecule has 0 radical (unpaired) electrons. The lowest BCUT2D eigenvalue weighted by molar-refractivity contribution is -0.120. The number of aromatic nitrogens is 1. The van der Waals surface area contributed by atoms with Gasteiger partial charge in [0, 0.05) is 22.1 Å². The molecule has 0 spiro atoms. The van der Waals surface area contributed by atoms with Crippen molar-refractivity contribution in [2.75, 3.05) is 11.9 Å². The van der Waals surface area contributed by atoms with E-state index in [0.717, 1.165) is 24.1 Å². The number of hydrogen-bond acceptors (Lipinski definition) is 5. The largest absolute Gasteiger partial charge is 0.352 e. The minimum absolute atomic E-state index is 0.0387. The summed E-state index contributed by atoms with van der Waals surface area (Å²) < 4.78 is 0. The van der Waals surface area contributed by atoms with Crippen LogP contribution in [-0.2, 0) is 4.79 Å². The molecule has 2 amide bonds. The van der Waals surface area contributed by atoms with E-state index in [4.69, 9.17) is 11.6 Å². The maximum Gasteiger partial charge on any atom is 0.271 e. The summed E-state index contributed by atoms with van der Waals surface area (Å²) in [6.45, 7) is 1.92. The average Bonchev–Trinajstić information content (AvgIpc) is 3.23. The van der Waals surface area contributed by atoms with Crippen LogP contribution in [0.3, 0.4) is 0 Å². The number of nitrogens with one attached hydrogen (secondary N) is 3. The van der Waals surface area contributed by atoms with Crippen LogP contribution in [0.25, 0.3) is 0 Å². The summed E-state index contributed by atoms with van der Waals surface area (Å²) >= 11 is 7.31. The maximum atomic E-state index is 12.0. The van der Waals surface area contributed by atoms with Gasteiger partial charge in [-0.1, -0.05) is 17.7 Å². The lowest BCUT2D eigenvalue weighted by Gasteiger charge is -2.07. The Morgan fingerprint density at radius 2 is 2.17 bits per heavy atom. The minimum Gasteiger partial charge on any atom is -0.352 e. The molecule has 24 heavy (non-hydrogen) atoms. The number of hydrogen-bond donors (Lipinski definition) is 3. The van der Waals surface area contributed by atoms with Crippen LogP contribution in [0.15, 0.2) is 23.6 Å². The fourth-order valence-corrected chi connectivity index (χ4v) is 2.91. The Kier molecular flexibility index (Phi) is 5.01. The molecule has 1 aliphatic rings. The first kappa shape index (κ1) is 16.7. The normalized spacial score (nSPS) is 13.4. The minimum atomic E-state index is -0.368. The van der Waals surface area contributed by atoms with Crippen LogP contribution in [0, 0.1) is 6.92 Å². The molecule has 126 valence electrons. The van der Waals surface area contributed by atoms with E-state index < -0.39 is 0 Å². The summed E-state index contributed by atoms with van der Waals surface area (Å²) in [5.74, 6) is -0.540. The highest BCUT2D eigenvalue weighted by Gasteiger charge is 2.23. The molecule has 0 aliphatic heterocycles. The summed E-state index contributed by atoms with van der Waals surface area (Å²) in [6.07, 6.45) is 2.04. The van der Waals surface area contributed by atoms with Crippen molar-refractivity contribution in [1.82, 2.24) is 15.6 Å². The van der Waals surface area contributed by atoms with Crippen molar-refractivity contribution in [3.8, 4) is 0 Å². The van der Waals surface area contributed by atoms with Gasteiger partial charge in [0.1, 0.15) is 5.69 Å². The van der Waals surface area contributed by atoms with Crippen LogP contribution >= 0.6 is 22.9 Å². The molecule has 1 fully saturated rings. The van der Waals surface area contributed by atoms with Crippen molar-refractivity contribution >= 4 is 45.6 Å². The number of aryl methyl sites for hydroxylation is 1. The molecular formula is C16H17ClN4O2S. The van der Waals surface area contributed by atoms with Crippen LogP contribution in [0.4, 0.5) is 10.8 Å². The number of anilines is 2. The Morgan fingerprint density at radius 3 is 2.92 bits per heavy atom. The van der Waals surface area contributed by atoms with Crippen LogP contribution in [0.5, 0.6) is 0 Å². The van der Waals surface area contributed by atoms with Crippen molar-refractivity contribution in [2.45, 2.75) is 25.8 Å². The SMILES string of the molecule is Cc1ccc(Cl)cc1Nc1nc(C(=O)NCC(=O)NC2CC2)cs1. The van der Waals surface area contributed by atoms with E-state index in [1.807, 2.05) is 19.1 Å². The van der Waals surface area contributed by atoms with Crippen molar-refractivity contribution in [2.24, 2.45) is 0 Å². The molecule has 1 heterocycles. The quantitative estimate of drug-likeness (QED) is 0.736. The molecule has 1 saturated carbocycles. The number of carbonyl (C=O) groups excluding carboxylic acids is 2. The maximum absolute atomic E-state index is 12.0. The zero-order valence-electron chi connectivity index (χ0n) is 13.1. The van der Waals surface area contributed by atoms with Crippen LogP contribution in [0.2, 0.25) is 5.02 Å².